The first-order chi connectivity index (χ1) is 9.56. The third-order valence-corrected chi connectivity index (χ3v) is 3.66. The zero-order valence-corrected chi connectivity index (χ0v) is 11.9. The summed E-state index contributed by atoms with van der Waals surface area (Å²) in [5.74, 6) is -0.279. The maximum Gasteiger partial charge on any atom is 0.226 e. The molecule has 0 aliphatic carbocycles. The molecule has 3 N–H and O–H groups in total. The molecule has 104 valence electrons. The molecule has 0 spiro atoms. The van der Waals surface area contributed by atoms with E-state index >= 15 is 0 Å². The van der Waals surface area contributed by atoms with Gasteiger partial charge in [0.2, 0.25) is 5.91 Å². The molecule has 20 heavy (non-hydrogen) atoms. The number of hydrogen-bond donors (Lipinski definition) is 2. The van der Waals surface area contributed by atoms with Crippen molar-refractivity contribution in [3.05, 3.63) is 41.6 Å². The second kappa shape index (κ2) is 6.29. The van der Waals surface area contributed by atoms with Gasteiger partial charge in [0, 0.05) is 18.4 Å². The third kappa shape index (κ3) is 3.64. The van der Waals surface area contributed by atoms with Crippen molar-refractivity contribution < 1.29 is 9.59 Å². The van der Waals surface area contributed by atoms with Crippen molar-refractivity contribution in [1.29, 1.82) is 0 Å². The normalized spacial score (nSPS) is 10.2. The fourth-order valence-corrected chi connectivity index (χ4v) is 2.39. The van der Waals surface area contributed by atoms with Crippen molar-refractivity contribution in [3.63, 3.8) is 0 Å². The van der Waals surface area contributed by atoms with Crippen molar-refractivity contribution in [1.82, 2.24) is 4.98 Å². The molecule has 2 aromatic rings. The van der Waals surface area contributed by atoms with Crippen LogP contribution < -0.4 is 11.1 Å². The molecule has 0 fully saturated rings. The van der Waals surface area contributed by atoms with E-state index in [-0.39, 0.29) is 24.5 Å². The molecule has 5 nitrogen and oxygen atoms in total. The van der Waals surface area contributed by atoms with Gasteiger partial charge in [0.05, 0.1) is 5.69 Å². The number of ketones is 1. The molecule has 0 aliphatic rings. The summed E-state index contributed by atoms with van der Waals surface area (Å²) in [6, 6.07) is 8.93. The van der Waals surface area contributed by atoms with Crippen molar-refractivity contribution in [2.24, 2.45) is 0 Å². The van der Waals surface area contributed by atoms with E-state index in [1.165, 1.54) is 11.3 Å². The van der Waals surface area contributed by atoms with Crippen LogP contribution in [0.25, 0.3) is 0 Å². The number of anilines is 2. The Hall–Kier alpha value is -2.21. The van der Waals surface area contributed by atoms with Crippen LogP contribution in [-0.2, 0) is 4.79 Å². The fraction of sp³-hybridized carbons (Fsp3) is 0.214. The predicted octanol–water partition coefficient (Wildman–Crippen LogP) is 2.64. The minimum absolute atomic E-state index is 0.0458. The molecule has 0 aliphatic heterocycles. The molecule has 0 radical (unpaired) electrons. The van der Waals surface area contributed by atoms with Crippen molar-refractivity contribution in [3.8, 4) is 0 Å². The number of nitrogen functional groups attached to an aromatic ring is 1. The monoisotopic (exact) mass is 289 g/mol. The van der Waals surface area contributed by atoms with Crippen LogP contribution in [0.3, 0.4) is 0 Å². The topological polar surface area (TPSA) is 85.1 Å². The van der Waals surface area contributed by atoms with Gasteiger partial charge in [0.25, 0.3) is 0 Å². The van der Waals surface area contributed by atoms with Crippen LogP contribution in [-0.4, -0.2) is 16.7 Å². The zero-order chi connectivity index (χ0) is 14.5. The molecule has 2 rings (SSSR count). The standard InChI is InChI=1S/C14H15N3O2S/c1-9-13(15)20-14(16-9)17-12(19)8-7-11(18)10-5-3-2-4-6-10/h2-6H,7-8,15H2,1H3,(H,16,17,19). The number of amides is 1. The lowest BCUT2D eigenvalue weighted by molar-refractivity contribution is -0.116. The minimum atomic E-state index is -0.233. The van der Waals surface area contributed by atoms with E-state index in [2.05, 4.69) is 10.3 Å². The van der Waals surface area contributed by atoms with Crippen LogP contribution in [0.2, 0.25) is 0 Å². The summed E-state index contributed by atoms with van der Waals surface area (Å²) in [7, 11) is 0. The second-order valence-corrected chi connectivity index (χ2v) is 5.34. The molecule has 0 bridgehead atoms. The highest BCUT2D eigenvalue weighted by Crippen LogP contribution is 2.24. The number of nitrogens with zero attached hydrogens (tertiary/aromatic N) is 1. The van der Waals surface area contributed by atoms with E-state index in [0.29, 0.717) is 21.4 Å². The predicted molar refractivity (Wildman–Crippen MR) is 79.9 cm³/mol. The van der Waals surface area contributed by atoms with Gasteiger partial charge in [-0.25, -0.2) is 4.98 Å². The molecule has 0 saturated carbocycles. The number of nitrogens with two attached hydrogens (primary N) is 1. The van der Waals surface area contributed by atoms with E-state index in [4.69, 9.17) is 5.73 Å². The molecule has 0 atom stereocenters. The maximum atomic E-state index is 11.8. The first kappa shape index (κ1) is 14.2. The average Bonchev–Trinajstić information content (AvgIpc) is 2.75. The van der Waals surface area contributed by atoms with Crippen LogP contribution in [0.4, 0.5) is 10.1 Å². The molecular formula is C14H15N3O2S. The highest BCUT2D eigenvalue weighted by molar-refractivity contribution is 7.19. The van der Waals surface area contributed by atoms with Gasteiger partial charge in [0.15, 0.2) is 10.9 Å². The highest BCUT2D eigenvalue weighted by atomic mass is 32.1. The first-order valence-electron chi connectivity index (χ1n) is 6.17. The SMILES string of the molecule is Cc1nc(NC(=O)CCC(=O)c2ccccc2)sc1N. The third-order valence-electron chi connectivity index (χ3n) is 2.75. The van der Waals surface area contributed by atoms with Crippen molar-refractivity contribution >= 4 is 33.2 Å². The van der Waals surface area contributed by atoms with Gasteiger partial charge in [-0.05, 0) is 6.92 Å². The Morgan fingerprint density at radius 3 is 2.55 bits per heavy atom. The summed E-state index contributed by atoms with van der Waals surface area (Å²) in [5.41, 5.74) is 6.98. The van der Waals surface area contributed by atoms with E-state index in [1.807, 2.05) is 6.07 Å². The molecule has 6 heteroatoms. The van der Waals surface area contributed by atoms with Gasteiger partial charge >= 0.3 is 0 Å². The number of hydrogen-bond acceptors (Lipinski definition) is 5. The Bertz CT molecular complexity index is 603. The van der Waals surface area contributed by atoms with Gasteiger partial charge in [-0.15, -0.1) is 0 Å². The molecule has 0 saturated heterocycles. The molecule has 1 aromatic carbocycles. The summed E-state index contributed by atoms with van der Waals surface area (Å²) in [6.07, 6.45) is 0.307. The van der Waals surface area contributed by atoms with Crippen LogP contribution in [0.15, 0.2) is 30.3 Å². The van der Waals surface area contributed by atoms with Gasteiger partial charge in [-0.1, -0.05) is 41.7 Å². The Balaban J connectivity index is 1.85. The number of benzene rings is 1. The number of carbonyl (C=O) groups excluding carboxylic acids is 2. The lowest BCUT2D eigenvalue weighted by Gasteiger charge is -2.01. The van der Waals surface area contributed by atoms with Crippen molar-refractivity contribution in [2.45, 2.75) is 19.8 Å². The Labute approximate surface area is 120 Å². The van der Waals surface area contributed by atoms with E-state index in [9.17, 15) is 9.59 Å². The van der Waals surface area contributed by atoms with E-state index in [0.717, 1.165) is 0 Å². The van der Waals surface area contributed by atoms with Gasteiger partial charge in [0.1, 0.15) is 5.00 Å². The highest BCUT2D eigenvalue weighted by Gasteiger charge is 2.11. The summed E-state index contributed by atoms with van der Waals surface area (Å²) in [4.78, 5) is 27.7. The number of nitrogens with one attached hydrogen (secondary N) is 1. The number of aromatic nitrogens is 1. The van der Waals surface area contributed by atoms with Crippen molar-refractivity contribution in [2.75, 3.05) is 11.1 Å². The molecule has 1 heterocycles. The summed E-state index contributed by atoms with van der Waals surface area (Å²) in [5, 5.41) is 3.70. The zero-order valence-electron chi connectivity index (χ0n) is 11.1. The summed E-state index contributed by atoms with van der Waals surface area (Å²) < 4.78 is 0. The number of thiazole rings is 1. The molecule has 1 amide bonds. The van der Waals surface area contributed by atoms with E-state index < -0.39 is 0 Å². The number of Topliss-reactive ketones (excluding diaryl/α,β-unsaturated/α-hetero) is 1. The number of aryl methyl sites for hydroxylation is 1. The maximum absolute atomic E-state index is 11.8. The molecular weight excluding hydrogens is 274 g/mol. The first-order valence-corrected chi connectivity index (χ1v) is 6.99. The van der Waals surface area contributed by atoms with Crippen LogP contribution in [0.5, 0.6) is 0 Å². The molecule has 1 aromatic heterocycles. The second-order valence-electron chi connectivity index (χ2n) is 4.31. The largest absolute Gasteiger partial charge is 0.389 e. The fourth-order valence-electron chi connectivity index (χ4n) is 1.64. The lowest BCUT2D eigenvalue weighted by Crippen LogP contribution is -2.13. The van der Waals surface area contributed by atoms with Crippen LogP contribution >= 0.6 is 11.3 Å². The van der Waals surface area contributed by atoms with Gasteiger partial charge in [-0.3, -0.25) is 9.59 Å². The lowest BCUT2D eigenvalue weighted by atomic mass is 10.1. The van der Waals surface area contributed by atoms with E-state index in [1.54, 1.807) is 31.2 Å². The number of rotatable bonds is 5. The average molecular weight is 289 g/mol. The van der Waals surface area contributed by atoms with Crippen LogP contribution in [0, 0.1) is 6.92 Å². The van der Waals surface area contributed by atoms with Gasteiger partial charge < -0.3 is 11.1 Å². The Morgan fingerprint density at radius 2 is 1.95 bits per heavy atom. The Morgan fingerprint density at radius 1 is 1.25 bits per heavy atom. The van der Waals surface area contributed by atoms with Crippen LogP contribution in [0.1, 0.15) is 28.9 Å². The van der Waals surface area contributed by atoms with Gasteiger partial charge in [-0.2, -0.15) is 0 Å². The number of carbonyl (C=O) groups is 2. The minimum Gasteiger partial charge on any atom is -0.389 e. The smallest absolute Gasteiger partial charge is 0.226 e. The Kier molecular flexibility index (Phi) is 4.47. The summed E-state index contributed by atoms with van der Waals surface area (Å²) in [6.45, 7) is 1.78. The summed E-state index contributed by atoms with van der Waals surface area (Å²) >= 11 is 1.22. The molecule has 0 unspecified atom stereocenters. The quantitative estimate of drug-likeness (QED) is 0.829.